The monoisotopic (exact) mass is 306 g/mol. The molecule has 0 spiro atoms. The van der Waals surface area contributed by atoms with Gasteiger partial charge in [0, 0.05) is 0 Å². The van der Waals surface area contributed by atoms with Crippen molar-refractivity contribution >= 4 is 27.9 Å². The minimum Gasteiger partial charge on any atom is -0.480 e. The number of aliphatic carboxylic acids is 1. The van der Waals surface area contributed by atoms with Crippen LogP contribution in [0.2, 0.25) is 0 Å². The Kier molecular flexibility index (Phi) is 3.25. The number of nitrogens with zero attached hydrogens (tertiary/aromatic N) is 2. The first-order valence-electron chi connectivity index (χ1n) is 5.71. The number of fused-ring (bicyclic) bond motifs is 1. The molecule has 0 bridgehead atoms. The molecular formula is C10H14N2O7S. The van der Waals surface area contributed by atoms with Gasteiger partial charge in [-0.3, -0.25) is 4.79 Å². The van der Waals surface area contributed by atoms with Crippen LogP contribution >= 0.6 is 0 Å². The number of amides is 1. The average Bonchev–Trinajstić information content (AvgIpc) is 2.52. The highest BCUT2D eigenvalue weighted by Crippen LogP contribution is 2.47. The number of aliphatic hydroxyl groups excluding tert-OH is 1. The highest BCUT2D eigenvalue weighted by molar-refractivity contribution is 7.94. The Morgan fingerprint density at radius 3 is 2.65 bits per heavy atom. The smallest absolute Gasteiger partial charge is 0.328 e. The Balaban J connectivity index is 2.59. The van der Waals surface area contributed by atoms with Gasteiger partial charge in [-0.25, -0.2) is 13.2 Å². The summed E-state index contributed by atoms with van der Waals surface area (Å²) in [6.07, 6.45) is 0.876. The zero-order valence-corrected chi connectivity index (χ0v) is 11.6. The van der Waals surface area contributed by atoms with Gasteiger partial charge in [-0.2, -0.15) is 0 Å². The van der Waals surface area contributed by atoms with Gasteiger partial charge in [0.2, 0.25) is 5.91 Å². The van der Waals surface area contributed by atoms with Crippen LogP contribution in [-0.2, 0) is 24.3 Å². The molecule has 0 radical (unpaired) electrons. The van der Waals surface area contributed by atoms with E-state index in [0.29, 0.717) is 0 Å². The van der Waals surface area contributed by atoms with E-state index in [2.05, 4.69) is 9.99 Å². The molecule has 4 atom stereocenters. The number of sulfone groups is 1. The van der Waals surface area contributed by atoms with Gasteiger partial charge < -0.3 is 20.0 Å². The normalized spacial score (nSPS) is 38.6. The highest BCUT2D eigenvalue weighted by Gasteiger charge is 2.73. The lowest BCUT2D eigenvalue weighted by Crippen LogP contribution is -2.64. The quantitative estimate of drug-likeness (QED) is 0.350. The largest absolute Gasteiger partial charge is 0.480 e. The van der Waals surface area contributed by atoms with Crippen LogP contribution in [-0.4, -0.2) is 71.5 Å². The minimum absolute atomic E-state index is 0.650. The molecule has 10 heteroatoms. The van der Waals surface area contributed by atoms with Crippen LogP contribution in [0.1, 0.15) is 6.92 Å². The number of oxime groups is 1. The number of hydrogen-bond acceptors (Lipinski definition) is 7. The minimum atomic E-state index is -4.05. The molecule has 1 amide bonds. The molecule has 0 aromatic heterocycles. The number of rotatable bonds is 4. The van der Waals surface area contributed by atoms with Gasteiger partial charge in [0.15, 0.2) is 15.9 Å². The summed E-state index contributed by atoms with van der Waals surface area (Å²) in [4.78, 5) is 28.4. The Labute approximate surface area is 114 Å². The summed E-state index contributed by atoms with van der Waals surface area (Å²) in [5, 5.41) is 20.4. The highest BCUT2D eigenvalue weighted by atomic mass is 32.2. The fourth-order valence-corrected chi connectivity index (χ4v) is 5.11. The molecule has 2 heterocycles. The van der Waals surface area contributed by atoms with Gasteiger partial charge in [-0.15, -0.1) is 0 Å². The van der Waals surface area contributed by atoms with Crippen molar-refractivity contribution in [3.05, 3.63) is 0 Å². The van der Waals surface area contributed by atoms with Crippen LogP contribution in [0.3, 0.4) is 0 Å². The van der Waals surface area contributed by atoms with Gasteiger partial charge in [0.05, 0.1) is 18.7 Å². The van der Waals surface area contributed by atoms with Gasteiger partial charge in [-0.1, -0.05) is 5.16 Å². The molecule has 2 aliphatic rings. The number of carboxylic acid groups (broad SMARTS) is 1. The van der Waals surface area contributed by atoms with Crippen molar-refractivity contribution in [2.45, 2.75) is 23.1 Å². The van der Waals surface area contributed by atoms with Crippen LogP contribution < -0.4 is 0 Å². The first-order valence-corrected chi connectivity index (χ1v) is 7.25. The van der Waals surface area contributed by atoms with Crippen molar-refractivity contribution in [1.82, 2.24) is 4.90 Å². The molecule has 0 aromatic rings. The third-order valence-corrected chi connectivity index (χ3v) is 6.53. The second kappa shape index (κ2) is 4.42. The molecule has 2 saturated heterocycles. The summed E-state index contributed by atoms with van der Waals surface area (Å²) in [5.74, 6) is -3.27. The van der Waals surface area contributed by atoms with Gasteiger partial charge >= 0.3 is 5.97 Å². The van der Waals surface area contributed by atoms with E-state index in [0.717, 1.165) is 11.1 Å². The molecule has 0 unspecified atom stereocenters. The Hall–Kier alpha value is -1.68. The maximum absolute atomic E-state index is 12.5. The summed E-state index contributed by atoms with van der Waals surface area (Å²) >= 11 is 0. The number of carboxylic acids is 1. The summed E-state index contributed by atoms with van der Waals surface area (Å²) in [6.45, 7) is 0.521. The molecule has 2 rings (SSSR count). The molecule has 2 aliphatic heterocycles. The SMILES string of the molecule is CON=C[C@@]1(C)[C@H](C(=O)O)N2C(=O)[C@@H](CO)[C@H]2S1(=O)=O. The van der Waals surface area contributed by atoms with Crippen LogP contribution in [0, 0.1) is 5.92 Å². The Morgan fingerprint density at radius 2 is 2.20 bits per heavy atom. The van der Waals surface area contributed by atoms with Crippen LogP contribution in [0.5, 0.6) is 0 Å². The summed E-state index contributed by atoms with van der Waals surface area (Å²) in [6, 6.07) is -1.59. The maximum atomic E-state index is 12.5. The van der Waals surface area contributed by atoms with E-state index in [-0.39, 0.29) is 0 Å². The molecule has 112 valence electrons. The van der Waals surface area contributed by atoms with Crippen molar-refractivity contribution in [3.63, 3.8) is 0 Å². The first kappa shape index (κ1) is 14.7. The predicted molar refractivity (Wildman–Crippen MR) is 65.5 cm³/mol. The molecule has 2 fully saturated rings. The van der Waals surface area contributed by atoms with E-state index >= 15 is 0 Å². The third-order valence-electron chi connectivity index (χ3n) is 3.79. The number of hydrogen-bond donors (Lipinski definition) is 2. The van der Waals surface area contributed by atoms with Gasteiger partial charge in [0.1, 0.15) is 17.2 Å². The average molecular weight is 306 g/mol. The van der Waals surface area contributed by atoms with Gasteiger partial charge in [0.25, 0.3) is 0 Å². The Bertz CT molecular complexity index is 586. The zero-order valence-electron chi connectivity index (χ0n) is 10.8. The van der Waals surface area contributed by atoms with Crippen LogP contribution in [0.15, 0.2) is 5.16 Å². The van der Waals surface area contributed by atoms with Gasteiger partial charge in [-0.05, 0) is 6.92 Å². The number of aliphatic hydroxyl groups is 1. The van der Waals surface area contributed by atoms with E-state index in [4.69, 9.17) is 5.11 Å². The second-order valence-corrected chi connectivity index (χ2v) is 7.26. The molecule has 2 N–H and O–H groups in total. The van der Waals surface area contributed by atoms with E-state index in [1.807, 2.05) is 0 Å². The molecular weight excluding hydrogens is 292 g/mol. The van der Waals surface area contributed by atoms with E-state index in [9.17, 15) is 23.1 Å². The third kappa shape index (κ3) is 1.51. The first-order chi connectivity index (χ1) is 9.24. The summed E-state index contributed by atoms with van der Waals surface area (Å²) < 4.78 is 23.1. The fourth-order valence-electron chi connectivity index (χ4n) is 2.72. The second-order valence-electron chi connectivity index (χ2n) is 4.81. The molecule has 20 heavy (non-hydrogen) atoms. The summed E-state index contributed by atoms with van der Waals surface area (Å²) in [7, 11) is -2.87. The lowest BCUT2D eigenvalue weighted by molar-refractivity contribution is -0.164. The zero-order chi connectivity index (χ0) is 15.3. The topological polar surface area (TPSA) is 134 Å². The molecule has 0 aliphatic carbocycles. The van der Waals surface area contributed by atoms with Crippen molar-refractivity contribution in [2.24, 2.45) is 11.1 Å². The van der Waals surface area contributed by atoms with Crippen LogP contribution in [0.25, 0.3) is 0 Å². The van der Waals surface area contributed by atoms with E-state index in [1.54, 1.807) is 0 Å². The van der Waals surface area contributed by atoms with Crippen molar-refractivity contribution < 1.29 is 33.1 Å². The molecule has 0 aromatic carbocycles. The summed E-state index contributed by atoms with van der Waals surface area (Å²) in [5.41, 5.74) is 0. The van der Waals surface area contributed by atoms with Crippen molar-refractivity contribution in [2.75, 3.05) is 13.7 Å². The van der Waals surface area contributed by atoms with Crippen molar-refractivity contribution in [3.8, 4) is 0 Å². The van der Waals surface area contributed by atoms with E-state index in [1.165, 1.54) is 14.0 Å². The lowest BCUT2D eigenvalue weighted by atomic mass is 9.92. The fraction of sp³-hybridized carbons (Fsp3) is 0.700. The van der Waals surface area contributed by atoms with Crippen LogP contribution in [0.4, 0.5) is 0 Å². The lowest BCUT2D eigenvalue weighted by Gasteiger charge is -2.41. The number of carbonyl (C=O) groups excluding carboxylic acids is 1. The van der Waals surface area contributed by atoms with Crippen molar-refractivity contribution in [1.29, 1.82) is 0 Å². The maximum Gasteiger partial charge on any atom is 0.328 e. The molecule has 9 nitrogen and oxygen atoms in total. The number of β-lactam (4-membered cyclic amide) rings is 1. The van der Waals surface area contributed by atoms with E-state index < -0.39 is 50.4 Å². The molecule has 0 saturated carbocycles. The predicted octanol–water partition coefficient (Wildman–Crippen LogP) is -1.96. The standard InChI is InChI=1S/C10H14N2O7S/c1-10(4-11-19-2)6(9(15)16)12-7(14)5(3-13)8(12)20(10,17)18/h4-6,8,13H,3H2,1-2H3,(H,15,16)/t5-,6+,8-,10+/m1/s1. The number of carbonyl (C=O) groups is 2. The Morgan fingerprint density at radius 1 is 1.60 bits per heavy atom.